The van der Waals surface area contributed by atoms with Crippen molar-refractivity contribution >= 4 is 12.4 Å². The third-order valence-corrected chi connectivity index (χ3v) is 2.37. The average molecular weight is 258 g/mol. The van der Waals surface area contributed by atoms with Gasteiger partial charge in [0.2, 0.25) is 0 Å². The van der Waals surface area contributed by atoms with E-state index < -0.39 is 0 Å². The molecule has 0 saturated carbocycles. The van der Waals surface area contributed by atoms with Gasteiger partial charge in [-0.1, -0.05) is 5.57 Å². The van der Waals surface area contributed by atoms with Crippen LogP contribution in [0.4, 0.5) is 0 Å². The van der Waals surface area contributed by atoms with Crippen molar-refractivity contribution in [2.75, 3.05) is 14.2 Å². The van der Waals surface area contributed by atoms with E-state index in [0.717, 1.165) is 29.1 Å². The zero-order valence-electron chi connectivity index (χ0n) is 10.5. The fourth-order valence-electron chi connectivity index (χ4n) is 1.54. The first kappa shape index (κ1) is 15.8. The number of halogens is 1. The molecule has 1 aromatic rings. The minimum atomic E-state index is -0.0681. The van der Waals surface area contributed by atoms with Gasteiger partial charge in [0.1, 0.15) is 11.5 Å². The van der Waals surface area contributed by atoms with E-state index in [1.165, 1.54) is 0 Å². The van der Waals surface area contributed by atoms with E-state index in [2.05, 4.69) is 6.58 Å². The summed E-state index contributed by atoms with van der Waals surface area (Å²) >= 11 is 0. The number of methoxy groups -OCH3 is 2. The molecule has 0 saturated heterocycles. The maximum absolute atomic E-state index is 6.07. The van der Waals surface area contributed by atoms with Gasteiger partial charge in [-0.15, -0.1) is 19.0 Å². The number of hydrogen-bond donors (Lipinski definition) is 1. The molecule has 17 heavy (non-hydrogen) atoms. The maximum Gasteiger partial charge on any atom is 0.122 e. The molecule has 0 bridgehead atoms. The fourth-order valence-corrected chi connectivity index (χ4v) is 1.54. The lowest BCUT2D eigenvalue weighted by Crippen LogP contribution is -2.10. The van der Waals surface area contributed by atoms with E-state index in [1.54, 1.807) is 14.2 Å². The minimum absolute atomic E-state index is 0. The fraction of sp³-hybridized carbons (Fsp3) is 0.385. The summed E-state index contributed by atoms with van der Waals surface area (Å²) in [5.74, 6) is 1.51. The van der Waals surface area contributed by atoms with Gasteiger partial charge in [-0.2, -0.15) is 0 Å². The second-order valence-corrected chi connectivity index (χ2v) is 3.91. The van der Waals surface area contributed by atoms with Crippen molar-refractivity contribution in [3.8, 4) is 11.5 Å². The van der Waals surface area contributed by atoms with E-state index in [0.29, 0.717) is 0 Å². The van der Waals surface area contributed by atoms with Gasteiger partial charge in [-0.3, -0.25) is 0 Å². The molecule has 0 aliphatic rings. The summed E-state index contributed by atoms with van der Waals surface area (Å²) in [5, 5.41) is 0. The first-order chi connectivity index (χ1) is 7.56. The summed E-state index contributed by atoms with van der Waals surface area (Å²) in [6.45, 7) is 5.83. The van der Waals surface area contributed by atoms with Gasteiger partial charge in [-0.25, -0.2) is 0 Å². The van der Waals surface area contributed by atoms with Crippen LogP contribution in [0, 0.1) is 0 Å². The van der Waals surface area contributed by atoms with Crippen LogP contribution in [0.25, 0.3) is 0 Å². The zero-order valence-corrected chi connectivity index (χ0v) is 11.3. The van der Waals surface area contributed by atoms with Crippen LogP contribution >= 0.6 is 12.4 Å². The molecule has 0 aliphatic heterocycles. The van der Waals surface area contributed by atoms with E-state index in [9.17, 15) is 0 Å². The predicted octanol–water partition coefficient (Wildman–Crippen LogP) is 3.09. The third-order valence-electron chi connectivity index (χ3n) is 2.37. The lowest BCUT2D eigenvalue weighted by Gasteiger charge is -2.14. The van der Waals surface area contributed by atoms with Crippen molar-refractivity contribution < 1.29 is 9.47 Å². The molecule has 0 amide bonds. The average Bonchev–Trinajstić information content (AvgIpc) is 2.27. The normalized spacial score (nSPS) is 11.3. The molecule has 0 radical (unpaired) electrons. The summed E-state index contributed by atoms with van der Waals surface area (Å²) < 4.78 is 10.4. The van der Waals surface area contributed by atoms with Crippen LogP contribution in [0.2, 0.25) is 0 Å². The molecule has 0 heterocycles. The highest BCUT2D eigenvalue weighted by Crippen LogP contribution is 2.27. The molecule has 1 rings (SSSR count). The molecule has 0 spiro atoms. The maximum atomic E-state index is 6.07. The predicted molar refractivity (Wildman–Crippen MR) is 73.2 cm³/mol. The van der Waals surface area contributed by atoms with Crippen LogP contribution in [0.5, 0.6) is 11.5 Å². The summed E-state index contributed by atoms with van der Waals surface area (Å²) in [4.78, 5) is 0. The highest BCUT2D eigenvalue weighted by atomic mass is 35.5. The Morgan fingerprint density at radius 1 is 1.24 bits per heavy atom. The largest absolute Gasteiger partial charge is 0.497 e. The second-order valence-electron chi connectivity index (χ2n) is 3.91. The lowest BCUT2D eigenvalue weighted by molar-refractivity contribution is 0.392. The number of rotatable bonds is 5. The monoisotopic (exact) mass is 257 g/mol. The van der Waals surface area contributed by atoms with Gasteiger partial charge < -0.3 is 15.2 Å². The number of ether oxygens (including phenoxy) is 2. The Morgan fingerprint density at radius 3 is 2.06 bits per heavy atom. The Morgan fingerprint density at radius 2 is 1.71 bits per heavy atom. The molecule has 4 heteroatoms. The SMILES string of the molecule is C=C(C)C[C@H](N)c1cc(OC)cc(OC)c1.Cl. The summed E-state index contributed by atoms with van der Waals surface area (Å²) in [6, 6.07) is 5.62. The van der Waals surface area contributed by atoms with Crippen LogP contribution in [-0.4, -0.2) is 14.2 Å². The van der Waals surface area contributed by atoms with Gasteiger partial charge in [0.15, 0.2) is 0 Å². The quantitative estimate of drug-likeness (QED) is 0.825. The molecule has 1 atom stereocenters. The Hall–Kier alpha value is -1.19. The van der Waals surface area contributed by atoms with Gasteiger partial charge in [0, 0.05) is 12.1 Å². The Kier molecular flexibility index (Phi) is 6.69. The van der Waals surface area contributed by atoms with Crippen molar-refractivity contribution in [3.05, 3.63) is 35.9 Å². The molecular formula is C13H20ClNO2. The van der Waals surface area contributed by atoms with E-state index in [1.807, 2.05) is 25.1 Å². The van der Waals surface area contributed by atoms with Crippen LogP contribution in [0.15, 0.2) is 30.4 Å². The smallest absolute Gasteiger partial charge is 0.122 e. The van der Waals surface area contributed by atoms with E-state index in [-0.39, 0.29) is 18.4 Å². The Labute approximate surface area is 109 Å². The number of hydrogen-bond acceptors (Lipinski definition) is 3. The summed E-state index contributed by atoms with van der Waals surface area (Å²) in [7, 11) is 3.26. The highest BCUT2D eigenvalue weighted by Gasteiger charge is 2.09. The Balaban J connectivity index is 0.00000256. The molecule has 1 aromatic carbocycles. The van der Waals surface area contributed by atoms with Crippen molar-refractivity contribution in [1.82, 2.24) is 0 Å². The number of benzene rings is 1. The lowest BCUT2D eigenvalue weighted by atomic mass is 10.0. The zero-order chi connectivity index (χ0) is 12.1. The summed E-state index contributed by atoms with van der Waals surface area (Å²) in [6.07, 6.45) is 0.760. The molecule has 0 fully saturated rings. The standard InChI is InChI=1S/C13H19NO2.ClH/c1-9(2)5-13(14)10-6-11(15-3)8-12(7-10)16-4;/h6-8,13H,1,5,14H2,2-4H3;1H/t13-;/m0./s1. The molecule has 3 nitrogen and oxygen atoms in total. The van der Waals surface area contributed by atoms with Gasteiger partial charge in [0.05, 0.1) is 14.2 Å². The molecule has 96 valence electrons. The minimum Gasteiger partial charge on any atom is -0.497 e. The van der Waals surface area contributed by atoms with Crippen molar-refractivity contribution in [1.29, 1.82) is 0 Å². The van der Waals surface area contributed by atoms with Crippen LogP contribution < -0.4 is 15.2 Å². The molecular weight excluding hydrogens is 238 g/mol. The van der Waals surface area contributed by atoms with Gasteiger partial charge in [0.25, 0.3) is 0 Å². The topological polar surface area (TPSA) is 44.5 Å². The third kappa shape index (κ3) is 4.67. The van der Waals surface area contributed by atoms with Crippen molar-refractivity contribution in [2.24, 2.45) is 5.73 Å². The number of nitrogens with two attached hydrogens (primary N) is 1. The Bertz CT molecular complexity index is 357. The molecule has 0 unspecified atom stereocenters. The second kappa shape index (κ2) is 7.20. The van der Waals surface area contributed by atoms with Crippen molar-refractivity contribution in [3.63, 3.8) is 0 Å². The van der Waals surface area contributed by atoms with Crippen molar-refractivity contribution in [2.45, 2.75) is 19.4 Å². The first-order valence-electron chi connectivity index (χ1n) is 5.19. The first-order valence-corrected chi connectivity index (χ1v) is 5.19. The molecule has 0 aromatic heterocycles. The van der Waals surface area contributed by atoms with Crippen LogP contribution in [0.1, 0.15) is 24.9 Å². The van der Waals surface area contributed by atoms with Gasteiger partial charge >= 0.3 is 0 Å². The van der Waals surface area contributed by atoms with Gasteiger partial charge in [-0.05, 0) is 31.0 Å². The highest BCUT2D eigenvalue weighted by molar-refractivity contribution is 5.85. The van der Waals surface area contributed by atoms with Crippen LogP contribution in [0.3, 0.4) is 0 Å². The van der Waals surface area contributed by atoms with E-state index >= 15 is 0 Å². The van der Waals surface area contributed by atoms with Crippen LogP contribution in [-0.2, 0) is 0 Å². The molecule has 2 N–H and O–H groups in total. The summed E-state index contributed by atoms with van der Waals surface area (Å²) in [5.41, 5.74) is 8.13. The van der Waals surface area contributed by atoms with E-state index in [4.69, 9.17) is 15.2 Å². The molecule has 0 aliphatic carbocycles.